The van der Waals surface area contributed by atoms with Gasteiger partial charge in [-0.15, -0.1) is 21.5 Å². The van der Waals surface area contributed by atoms with Crippen LogP contribution < -0.4 is 14.8 Å². The number of carbonyl (C=O) groups is 2. The molecule has 0 aliphatic carbocycles. The number of nitrogens with one attached hydrogen (secondary N) is 1. The van der Waals surface area contributed by atoms with Crippen molar-refractivity contribution in [2.24, 2.45) is 5.10 Å². The normalized spacial score (nSPS) is 14.1. The fourth-order valence-corrected chi connectivity index (χ4v) is 6.68. The van der Waals surface area contributed by atoms with Crippen LogP contribution in [-0.4, -0.2) is 57.3 Å². The summed E-state index contributed by atoms with van der Waals surface area (Å²) in [6.45, 7) is 0.533. The molecule has 1 aliphatic rings. The molecule has 2 amide bonds. The second kappa shape index (κ2) is 14.6. The predicted octanol–water partition coefficient (Wildman–Crippen LogP) is 5.94. The van der Waals surface area contributed by atoms with Gasteiger partial charge in [0.15, 0.2) is 11.0 Å². The van der Waals surface area contributed by atoms with Crippen LogP contribution in [0.15, 0.2) is 101 Å². The summed E-state index contributed by atoms with van der Waals surface area (Å²) in [5.74, 6) is 0.672. The van der Waals surface area contributed by atoms with Crippen molar-refractivity contribution in [3.63, 3.8) is 0 Å². The summed E-state index contributed by atoms with van der Waals surface area (Å²) in [5.41, 5.74) is 3.00. The van der Waals surface area contributed by atoms with Crippen LogP contribution in [0, 0.1) is 5.82 Å². The molecule has 0 spiro atoms. The van der Waals surface area contributed by atoms with Crippen molar-refractivity contribution in [3.05, 3.63) is 124 Å². The average molecular weight is 671 g/mol. The molecule has 0 radical (unpaired) electrons. The molecule has 1 unspecified atom stereocenters. The van der Waals surface area contributed by atoms with Gasteiger partial charge < -0.3 is 19.4 Å². The minimum absolute atomic E-state index is 0.0435. The summed E-state index contributed by atoms with van der Waals surface area (Å²) in [7, 11) is 3.04. The zero-order valence-electron chi connectivity index (χ0n) is 25.6. The first-order valence-corrected chi connectivity index (χ1v) is 16.6. The van der Waals surface area contributed by atoms with Crippen LogP contribution in [0.1, 0.15) is 44.6 Å². The number of ether oxygens (including phenoxy) is 2. The topological polar surface area (TPSA) is 111 Å². The van der Waals surface area contributed by atoms with Gasteiger partial charge in [0, 0.05) is 18.1 Å². The first kappa shape index (κ1) is 32.0. The van der Waals surface area contributed by atoms with Gasteiger partial charge in [-0.05, 0) is 46.8 Å². The number of amides is 2. The fourth-order valence-electron chi connectivity index (χ4n) is 5.15. The summed E-state index contributed by atoms with van der Waals surface area (Å²) in [6, 6.07) is 24.5. The van der Waals surface area contributed by atoms with Crippen molar-refractivity contribution in [3.8, 4) is 11.5 Å². The van der Waals surface area contributed by atoms with Crippen molar-refractivity contribution in [1.29, 1.82) is 0 Å². The number of methoxy groups -OCH3 is 2. The number of carbonyl (C=O) groups excluding carboxylic acids is 2. The maximum Gasteiger partial charge on any atom is 0.253 e. The number of hydrogen-bond acceptors (Lipinski definition) is 9. The third-order valence-corrected chi connectivity index (χ3v) is 9.42. The third kappa shape index (κ3) is 7.53. The quantitative estimate of drug-likeness (QED) is 0.164. The van der Waals surface area contributed by atoms with Crippen molar-refractivity contribution < 1.29 is 23.5 Å². The molecule has 0 saturated carbocycles. The molecular weight excluding hydrogens is 640 g/mol. The molecule has 1 atom stereocenters. The average Bonchev–Trinajstić information content (AvgIpc) is 3.88. The predicted molar refractivity (Wildman–Crippen MR) is 178 cm³/mol. The number of thioether (sulfide) groups is 1. The molecule has 0 fully saturated rings. The summed E-state index contributed by atoms with van der Waals surface area (Å²) in [4.78, 5) is 27.8. The van der Waals surface area contributed by atoms with Crippen LogP contribution >= 0.6 is 23.1 Å². The number of hydrogen-bond donors (Lipinski definition) is 1. The Balaban J connectivity index is 1.21. The Morgan fingerprint density at radius 2 is 1.72 bits per heavy atom. The second-order valence-electron chi connectivity index (χ2n) is 10.6. The van der Waals surface area contributed by atoms with E-state index in [4.69, 9.17) is 14.6 Å². The highest BCUT2D eigenvalue weighted by Crippen LogP contribution is 2.35. The van der Waals surface area contributed by atoms with E-state index in [2.05, 4.69) is 15.5 Å². The lowest BCUT2D eigenvalue weighted by atomic mass is 10.0. The third-order valence-electron chi connectivity index (χ3n) is 7.55. The van der Waals surface area contributed by atoms with Crippen LogP contribution in [-0.2, 0) is 17.9 Å². The van der Waals surface area contributed by atoms with Gasteiger partial charge in [-0.1, -0.05) is 60.3 Å². The molecule has 0 saturated heterocycles. The van der Waals surface area contributed by atoms with Gasteiger partial charge in [0.1, 0.15) is 17.3 Å². The highest BCUT2D eigenvalue weighted by Gasteiger charge is 2.33. The Bertz CT molecular complexity index is 1860. The molecule has 2 aromatic heterocycles. The zero-order chi connectivity index (χ0) is 32.8. The molecule has 6 rings (SSSR count). The van der Waals surface area contributed by atoms with Gasteiger partial charge >= 0.3 is 0 Å². The number of aromatic nitrogens is 3. The first-order chi connectivity index (χ1) is 22.9. The summed E-state index contributed by atoms with van der Waals surface area (Å²) in [6.07, 6.45) is 0.524. The summed E-state index contributed by atoms with van der Waals surface area (Å²) >= 11 is 2.81. The van der Waals surface area contributed by atoms with Crippen LogP contribution in [0.4, 0.5) is 4.39 Å². The Morgan fingerprint density at radius 3 is 2.40 bits per heavy atom. The standard InChI is InChI=1S/C34H31FN6O4S2/c1-44-26-15-24(16-27(17-26)45-2)33(43)36-19-31-37-38-34(40(31)20-22-7-4-3-5-8-22)47-21-32(42)41-29(23-10-12-25(35)13-11-23)18-28(39-41)30-9-6-14-46-30/h3-17,29H,18-21H2,1-2H3,(H,36,43). The minimum atomic E-state index is -0.357. The molecule has 13 heteroatoms. The van der Waals surface area contributed by atoms with E-state index < -0.39 is 0 Å². The van der Waals surface area contributed by atoms with Crippen molar-refractivity contribution in [2.75, 3.05) is 20.0 Å². The highest BCUT2D eigenvalue weighted by atomic mass is 32.2. The summed E-state index contributed by atoms with van der Waals surface area (Å²) < 4.78 is 26.2. The van der Waals surface area contributed by atoms with Gasteiger partial charge in [-0.25, -0.2) is 9.40 Å². The van der Waals surface area contributed by atoms with E-state index >= 15 is 0 Å². The SMILES string of the molecule is COc1cc(OC)cc(C(=O)NCc2nnc(SCC(=O)N3N=C(c4cccs4)CC3c3ccc(F)cc3)n2Cc2ccccc2)c1. The number of hydrazone groups is 1. The molecule has 3 aromatic carbocycles. The molecule has 1 N–H and O–H groups in total. The van der Waals surface area contributed by atoms with E-state index in [1.807, 2.05) is 52.4 Å². The number of benzene rings is 3. The molecule has 10 nitrogen and oxygen atoms in total. The van der Waals surface area contributed by atoms with Gasteiger partial charge in [0.05, 0.1) is 49.7 Å². The molecule has 5 aromatic rings. The van der Waals surface area contributed by atoms with Crippen LogP contribution in [0.25, 0.3) is 0 Å². The van der Waals surface area contributed by atoms with Crippen molar-refractivity contribution in [2.45, 2.75) is 30.7 Å². The van der Waals surface area contributed by atoms with E-state index in [-0.39, 0.29) is 36.0 Å². The maximum absolute atomic E-state index is 13.7. The number of thiophene rings is 1. The van der Waals surface area contributed by atoms with Gasteiger partial charge in [-0.2, -0.15) is 5.10 Å². The summed E-state index contributed by atoms with van der Waals surface area (Å²) in [5, 5.41) is 20.4. The lowest BCUT2D eigenvalue weighted by Crippen LogP contribution is -2.28. The van der Waals surface area contributed by atoms with E-state index in [0.717, 1.165) is 21.7 Å². The van der Waals surface area contributed by atoms with Gasteiger partial charge in [0.2, 0.25) is 0 Å². The van der Waals surface area contributed by atoms with E-state index in [9.17, 15) is 14.0 Å². The first-order valence-electron chi connectivity index (χ1n) is 14.7. The lowest BCUT2D eigenvalue weighted by Gasteiger charge is -2.22. The highest BCUT2D eigenvalue weighted by molar-refractivity contribution is 7.99. The molecule has 1 aliphatic heterocycles. The molecule has 0 bridgehead atoms. The van der Waals surface area contributed by atoms with E-state index in [1.54, 1.807) is 41.7 Å². The van der Waals surface area contributed by atoms with Crippen molar-refractivity contribution >= 4 is 40.6 Å². The molecule has 240 valence electrons. The molecular formula is C34H31FN6O4S2. The minimum Gasteiger partial charge on any atom is -0.497 e. The number of rotatable bonds is 12. The number of halogens is 1. The van der Waals surface area contributed by atoms with Crippen molar-refractivity contribution in [1.82, 2.24) is 25.1 Å². The Kier molecular flexibility index (Phi) is 9.93. The Morgan fingerprint density at radius 1 is 0.979 bits per heavy atom. The van der Waals surface area contributed by atoms with Crippen LogP contribution in [0.5, 0.6) is 11.5 Å². The number of nitrogens with zero attached hydrogens (tertiary/aromatic N) is 5. The Hall–Kier alpha value is -5.01. The van der Waals surface area contributed by atoms with Crippen LogP contribution in [0.2, 0.25) is 0 Å². The maximum atomic E-state index is 13.7. The lowest BCUT2D eigenvalue weighted by molar-refractivity contribution is -0.130. The monoisotopic (exact) mass is 670 g/mol. The molecule has 47 heavy (non-hydrogen) atoms. The molecule has 3 heterocycles. The van der Waals surface area contributed by atoms with Crippen LogP contribution in [0.3, 0.4) is 0 Å². The van der Waals surface area contributed by atoms with Gasteiger partial charge in [-0.3, -0.25) is 9.59 Å². The Labute approximate surface area is 279 Å². The largest absolute Gasteiger partial charge is 0.497 e. The van der Waals surface area contributed by atoms with E-state index in [0.29, 0.717) is 41.0 Å². The van der Waals surface area contributed by atoms with E-state index in [1.165, 1.54) is 43.1 Å². The van der Waals surface area contributed by atoms with Gasteiger partial charge in [0.25, 0.3) is 11.8 Å². The fraction of sp³-hybridized carbons (Fsp3) is 0.206. The zero-order valence-corrected chi connectivity index (χ0v) is 27.3. The smallest absolute Gasteiger partial charge is 0.253 e. The second-order valence-corrected chi connectivity index (χ2v) is 12.5.